The van der Waals surface area contributed by atoms with Crippen molar-refractivity contribution < 1.29 is 14.3 Å². The predicted octanol–water partition coefficient (Wildman–Crippen LogP) is 2.04. The highest BCUT2D eigenvalue weighted by molar-refractivity contribution is 7.98. The second-order valence-electron chi connectivity index (χ2n) is 3.67. The molecule has 1 amide bonds. The molecule has 0 aromatic heterocycles. The smallest absolute Gasteiger partial charge is 0.325 e. The van der Waals surface area contributed by atoms with E-state index in [1.54, 1.807) is 20.0 Å². The highest BCUT2D eigenvalue weighted by Crippen LogP contribution is 2.20. The molecule has 0 heterocycles. The molecule has 1 aromatic carbocycles. The molecule has 0 aliphatic rings. The van der Waals surface area contributed by atoms with Gasteiger partial charge in [0, 0.05) is 11.9 Å². The Hall–Kier alpha value is -1.49. The number of amides is 1. The van der Waals surface area contributed by atoms with Gasteiger partial charge in [0.05, 0.1) is 12.2 Å². The number of hydrogen-bond acceptors (Lipinski definition) is 4. The van der Waals surface area contributed by atoms with Gasteiger partial charge in [-0.3, -0.25) is 9.59 Å². The van der Waals surface area contributed by atoms with Crippen LogP contribution in [0.1, 0.15) is 17.3 Å². The van der Waals surface area contributed by atoms with Gasteiger partial charge in [0.2, 0.25) is 0 Å². The number of esters is 1. The molecule has 0 atom stereocenters. The summed E-state index contributed by atoms with van der Waals surface area (Å²) < 4.78 is 4.82. The van der Waals surface area contributed by atoms with Crippen molar-refractivity contribution in [1.82, 2.24) is 4.90 Å². The zero-order valence-corrected chi connectivity index (χ0v) is 11.6. The molecule has 5 heteroatoms. The molecule has 0 saturated carbocycles. The first-order chi connectivity index (χ1) is 8.60. The molecular formula is C13H17NO3S. The second-order valence-corrected chi connectivity index (χ2v) is 4.51. The Kier molecular flexibility index (Phi) is 5.71. The summed E-state index contributed by atoms with van der Waals surface area (Å²) in [7, 11) is 1.59. The van der Waals surface area contributed by atoms with E-state index in [1.807, 2.05) is 24.5 Å². The van der Waals surface area contributed by atoms with Crippen molar-refractivity contribution in [3.8, 4) is 0 Å². The monoisotopic (exact) mass is 267 g/mol. The van der Waals surface area contributed by atoms with Crippen molar-refractivity contribution in [2.75, 3.05) is 26.5 Å². The molecule has 1 rings (SSSR count). The fourth-order valence-corrected chi connectivity index (χ4v) is 2.09. The summed E-state index contributed by atoms with van der Waals surface area (Å²) in [5, 5.41) is 0. The third-order valence-electron chi connectivity index (χ3n) is 2.36. The van der Waals surface area contributed by atoms with Crippen LogP contribution in [0.5, 0.6) is 0 Å². The number of benzene rings is 1. The van der Waals surface area contributed by atoms with Crippen molar-refractivity contribution in [2.45, 2.75) is 11.8 Å². The van der Waals surface area contributed by atoms with Gasteiger partial charge < -0.3 is 9.64 Å². The van der Waals surface area contributed by atoms with E-state index in [1.165, 1.54) is 16.7 Å². The normalized spacial score (nSPS) is 9.94. The molecule has 4 nitrogen and oxygen atoms in total. The van der Waals surface area contributed by atoms with Gasteiger partial charge in [0.15, 0.2) is 0 Å². The molecule has 1 aromatic rings. The third-order valence-corrected chi connectivity index (χ3v) is 3.15. The number of nitrogens with zero attached hydrogens (tertiary/aromatic N) is 1. The average molecular weight is 267 g/mol. The van der Waals surface area contributed by atoms with Crippen molar-refractivity contribution in [1.29, 1.82) is 0 Å². The third kappa shape index (κ3) is 3.77. The molecule has 98 valence electrons. The maximum absolute atomic E-state index is 12.2. The number of carbonyl (C=O) groups excluding carboxylic acids is 2. The lowest BCUT2D eigenvalue weighted by Gasteiger charge is -2.17. The fourth-order valence-electron chi connectivity index (χ4n) is 1.50. The van der Waals surface area contributed by atoms with Gasteiger partial charge in [-0.05, 0) is 25.3 Å². The molecule has 0 N–H and O–H groups in total. The lowest BCUT2D eigenvalue weighted by Crippen LogP contribution is -2.33. The molecule has 0 aliphatic heterocycles. The number of thioether (sulfide) groups is 1. The Bertz CT molecular complexity index is 434. The van der Waals surface area contributed by atoms with Crippen molar-refractivity contribution in [2.24, 2.45) is 0 Å². The van der Waals surface area contributed by atoms with Crippen LogP contribution in [-0.2, 0) is 9.53 Å². The largest absolute Gasteiger partial charge is 0.465 e. The van der Waals surface area contributed by atoms with E-state index >= 15 is 0 Å². The first-order valence-corrected chi connectivity index (χ1v) is 6.86. The van der Waals surface area contributed by atoms with E-state index in [4.69, 9.17) is 4.74 Å². The van der Waals surface area contributed by atoms with Crippen molar-refractivity contribution >= 4 is 23.6 Å². The van der Waals surface area contributed by atoms with E-state index in [2.05, 4.69) is 0 Å². The molecule has 0 unspecified atom stereocenters. The van der Waals surface area contributed by atoms with Crippen molar-refractivity contribution in [3.63, 3.8) is 0 Å². The Morgan fingerprint density at radius 1 is 1.33 bits per heavy atom. The number of ether oxygens (including phenoxy) is 1. The van der Waals surface area contributed by atoms with Crippen LogP contribution in [0.15, 0.2) is 29.2 Å². The molecule has 0 fully saturated rings. The Morgan fingerprint density at radius 3 is 2.61 bits per heavy atom. The topological polar surface area (TPSA) is 46.6 Å². The number of rotatable bonds is 5. The summed E-state index contributed by atoms with van der Waals surface area (Å²) in [5.41, 5.74) is 0.608. The van der Waals surface area contributed by atoms with Crippen LogP contribution >= 0.6 is 11.8 Å². The van der Waals surface area contributed by atoms with Gasteiger partial charge in [0.1, 0.15) is 6.54 Å². The van der Waals surface area contributed by atoms with Gasteiger partial charge in [-0.1, -0.05) is 12.1 Å². The molecule has 0 bridgehead atoms. The van der Waals surface area contributed by atoms with Gasteiger partial charge in [-0.15, -0.1) is 11.8 Å². The molecule has 18 heavy (non-hydrogen) atoms. The second kappa shape index (κ2) is 7.06. The standard InChI is InChI=1S/C13H17NO3S/c1-4-17-12(15)9-14(2)13(16)10-7-5-6-8-11(10)18-3/h5-8H,4,9H2,1-3H3. The van der Waals surface area contributed by atoms with Crippen LogP contribution in [0.4, 0.5) is 0 Å². The minimum atomic E-state index is -0.394. The Balaban J connectivity index is 2.77. The SMILES string of the molecule is CCOC(=O)CN(C)C(=O)c1ccccc1SC. The maximum atomic E-state index is 12.2. The zero-order chi connectivity index (χ0) is 13.5. The van der Waals surface area contributed by atoms with E-state index in [9.17, 15) is 9.59 Å². The molecule has 0 saturated heterocycles. The fraction of sp³-hybridized carbons (Fsp3) is 0.385. The molecular weight excluding hydrogens is 250 g/mol. The highest BCUT2D eigenvalue weighted by Gasteiger charge is 2.17. The summed E-state index contributed by atoms with van der Waals surface area (Å²) in [6, 6.07) is 7.34. The first-order valence-electron chi connectivity index (χ1n) is 5.64. The number of hydrogen-bond donors (Lipinski definition) is 0. The van der Waals surface area contributed by atoms with Crippen LogP contribution in [0.3, 0.4) is 0 Å². The average Bonchev–Trinajstić information content (AvgIpc) is 2.38. The summed E-state index contributed by atoms with van der Waals surface area (Å²) in [6.07, 6.45) is 1.91. The summed E-state index contributed by atoms with van der Waals surface area (Å²) in [5.74, 6) is -0.567. The lowest BCUT2D eigenvalue weighted by atomic mass is 10.2. The Morgan fingerprint density at radius 2 is 2.00 bits per heavy atom. The minimum Gasteiger partial charge on any atom is -0.465 e. The van der Waals surface area contributed by atoms with Crippen LogP contribution in [0, 0.1) is 0 Å². The summed E-state index contributed by atoms with van der Waals surface area (Å²) in [6.45, 7) is 2.03. The molecule has 0 radical (unpaired) electrons. The predicted molar refractivity (Wildman–Crippen MR) is 71.8 cm³/mol. The Labute approximate surface area is 111 Å². The molecule has 0 aliphatic carbocycles. The summed E-state index contributed by atoms with van der Waals surface area (Å²) in [4.78, 5) is 25.8. The maximum Gasteiger partial charge on any atom is 0.325 e. The van der Waals surface area contributed by atoms with Crippen LogP contribution in [0.2, 0.25) is 0 Å². The minimum absolute atomic E-state index is 0.0324. The van der Waals surface area contributed by atoms with E-state index < -0.39 is 5.97 Å². The first kappa shape index (κ1) is 14.6. The highest BCUT2D eigenvalue weighted by atomic mass is 32.2. The lowest BCUT2D eigenvalue weighted by molar-refractivity contribution is -0.143. The van der Waals surface area contributed by atoms with Gasteiger partial charge in [-0.25, -0.2) is 0 Å². The van der Waals surface area contributed by atoms with E-state index in [-0.39, 0.29) is 12.5 Å². The van der Waals surface area contributed by atoms with Crippen molar-refractivity contribution in [3.05, 3.63) is 29.8 Å². The zero-order valence-electron chi connectivity index (χ0n) is 10.8. The molecule has 0 spiro atoms. The van der Waals surface area contributed by atoms with Crippen LogP contribution in [-0.4, -0.2) is 43.2 Å². The number of carbonyl (C=O) groups is 2. The van der Waals surface area contributed by atoms with Crippen LogP contribution < -0.4 is 0 Å². The van der Waals surface area contributed by atoms with Gasteiger partial charge >= 0.3 is 5.97 Å². The van der Waals surface area contributed by atoms with Gasteiger partial charge in [0.25, 0.3) is 5.91 Å². The van der Waals surface area contributed by atoms with Gasteiger partial charge in [-0.2, -0.15) is 0 Å². The number of likely N-dealkylation sites (N-methyl/N-ethyl adjacent to an activating group) is 1. The quantitative estimate of drug-likeness (QED) is 0.605. The van der Waals surface area contributed by atoms with E-state index in [0.29, 0.717) is 12.2 Å². The van der Waals surface area contributed by atoms with Crippen LogP contribution in [0.25, 0.3) is 0 Å². The van der Waals surface area contributed by atoms with E-state index in [0.717, 1.165) is 4.90 Å². The summed E-state index contributed by atoms with van der Waals surface area (Å²) >= 11 is 1.51.